The van der Waals surface area contributed by atoms with Crippen molar-refractivity contribution >= 4 is 0 Å². The second-order valence-corrected chi connectivity index (χ2v) is 3.04. The summed E-state index contributed by atoms with van der Waals surface area (Å²) in [7, 11) is 0. The smallest absolute Gasteiger partial charge is 0.0958 e. The van der Waals surface area contributed by atoms with Crippen molar-refractivity contribution in [1.29, 1.82) is 0 Å². The molecule has 10 heavy (non-hydrogen) atoms. The summed E-state index contributed by atoms with van der Waals surface area (Å²) in [6, 6.07) is 0.676. The van der Waals surface area contributed by atoms with Crippen LogP contribution >= 0.6 is 0 Å². The molecule has 1 heterocycles. The normalized spacial score (nSPS) is 27.6. The third kappa shape index (κ3) is 1.70. The zero-order valence-electron chi connectivity index (χ0n) is 6.71. The minimum Gasteiger partial charge on any atom is -0.381 e. The highest BCUT2D eigenvalue weighted by molar-refractivity contribution is 4.76. The van der Waals surface area contributed by atoms with Gasteiger partial charge in [0.05, 0.1) is 6.73 Å². The first-order valence-corrected chi connectivity index (χ1v) is 4.23. The predicted octanol–water partition coefficient (Wildman–Crippen LogP) is 1.20. The van der Waals surface area contributed by atoms with E-state index in [1.807, 2.05) is 0 Å². The Labute approximate surface area is 62.8 Å². The van der Waals surface area contributed by atoms with E-state index >= 15 is 0 Å². The van der Waals surface area contributed by atoms with E-state index in [1.165, 1.54) is 25.7 Å². The SMILES string of the molecule is CCC[C@@H]1CCCN1CO. The topological polar surface area (TPSA) is 23.5 Å². The lowest BCUT2D eigenvalue weighted by Crippen LogP contribution is -2.29. The fourth-order valence-corrected chi connectivity index (χ4v) is 1.74. The van der Waals surface area contributed by atoms with E-state index < -0.39 is 0 Å². The number of hydrogen-bond acceptors (Lipinski definition) is 2. The molecular formula is C8H17NO. The van der Waals surface area contributed by atoms with Gasteiger partial charge >= 0.3 is 0 Å². The Bertz CT molecular complexity index is 95.3. The number of aliphatic hydroxyl groups is 1. The third-order valence-corrected chi connectivity index (χ3v) is 2.30. The van der Waals surface area contributed by atoms with Crippen LogP contribution in [-0.4, -0.2) is 29.3 Å². The van der Waals surface area contributed by atoms with E-state index in [1.54, 1.807) is 0 Å². The second kappa shape index (κ2) is 3.94. The van der Waals surface area contributed by atoms with E-state index in [-0.39, 0.29) is 6.73 Å². The summed E-state index contributed by atoms with van der Waals surface area (Å²) in [5.41, 5.74) is 0. The molecule has 0 unspecified atom stereocenters. The molecule has 1 saturated heterocycles. The maximum absolute atomic E-state index is 8.89. The molecule has 1 N–H and O–H groups in total. The Hall–Kier alpha value is -0.0800. The van der Waals surface area contributed by atoms with E-state index in [0.717, 1.165) is 6.54 Å². The quantitative estimate of drug-likeness (QED) is 0.641. The zero-order valence-corrected chi connectivity index (χ0v) is 6.71. The summed E-state index contributed by atoms with van der Waals surface area (Å²) in [5.74, 6) is 0. The highest BCUT2D eigenvalue weighted by Gasteiger charge is 2.21. The van der Waals surface area contributed by atoms with Gasteiger partial charge < -0.3 is 5.11 Å². The number of rotatable bonds is 3. The van der Waals surface area contributed by atoms with Gasteiger partial charge in [-0.05, 0) is 19.3 Å². The maximum atomic E-state index is 8.89. The lowest BCUT2D eigenvalue weighted by molar-refractivity contribution is 0.0927. The van der Waals surface area contributed by atoms with Crippen LogP contribution in [-0.2, 0) is 0 Å². The lowest BCUT2D eigenvalue weighted by Gasteiger charge is -2.20. The zero-order chi connectivity index (χ0) is 7.40. The molecule has 0 amide bonds. The first kappa shape index (κ1) is 8.02. The molecule has 0 aromatic rings. The van der Waals surface area contributed by atoms with Crippen LogP contribution in [0.25, 0.3) is 0 Å². The average Bonchev–Trinajstić information content (AvgIpc) is 2.36. The van der Waals surface area contributed by atoms with Crippen molar-refractivity contribution in [3.63, 3.8) is 0 Å². The Balaban J connectivity index is 2.27. The molecule has 0 bridgehead atoms. The monoisotopic (exact) mass is 143 g/mol. The molecule has 1 aliphatic rings. The predicted molar refractivity (Wildman–Crippen MR) is 41.7 cm³/mol. The van der Waals surface area contributed by atoms with Gasteiger partial charge in [-0.15, -0.1) is 0 Å². The van der Waals surface area contributed by atoms with Gasteiger partial charge in [-0.2, -0.15) is 0 Å². The van der Waals surface area contributed by atoms with Gasteiger partial charge in [-0.3, -0.25) is 4.90 Å². The number of likely N-dealkylation sites (tertiary alicyclic amines) is 1. The van der Waals surface area contributed by atoms with Crippen LogP contribution in [0.3, 0.4) is 0 Å². The van der Waals surface area contributed by atoms with Crippen molar-refractivity contribution in [1.82, 2.24) is 4.90 Å². The van der Waals surface area contributed by atoms with Crippen LogP contribution in [0.5, 0.6) is 0 Å². The fourth-order valence-electron chi connectivity index (χ4n) is 1.74. The molecule has 2 nitrogen and oxygen atoms in total. The van der Waals surface area contributed by atoms with Gasteiger partial charge in [0.1, 0.15) is 0 Å². The molecule has 0 aliphatic carbocycles. The van der Waals surface area contributed by atoms with Gasteiger partial charge in [-0.1, -0.05) is 13.3 Å². The lowest BCUT2D eigenvalue weighted by atomic mass is 10.1. The van der Waals surface area contributed by atoms with Gasteiger partial charge in [0.15, 0.2) is 0 Å². The minimum atomic E-state index is 0.255. The summed E-state index contributed by atoms with van der Waals surface area (Å²) in [4.78, 5) is 2.17. The van der Waals surface area contributed by atoms with Gasteiger partial charge in [-0.25, -0.2) is 0 Å². The fraction of sp³-hybridized carbons (Fsp3) is 1.00. The molecule has 0 aromatic heterocycles. The van der Waals surface area contributed by atoms with Crippen molar-refractivity contribution in [2.75, 3.05) is 13.3 Å². The molecular weight excluding hydrogens is 126 g/mol. The third-order valence-electron chi connectivity index (χ3n) is 2.30. The van der Waals surface area contributed by atoms with Gasteiger partial charge in [0, 0.05) is 12.6 Å². The van der Waals surface area contributed by atoms with Crippen molar-refractivity contribution in [3.8, 4) is 0 Å². The van der Waals surface area contributed by atoms with Crippen molar-refractivity contribution in [2.45, 2.75) is 38.6 Å². The molecule has 1 atom stereocenters. The second-order valence-electron chi connectivity index (χ2n) is 3.04. The molecule has 1 rings (SSSR count). The van der Waals surface area contributed by atoms with Crippen LogP contribution in [0.1, 0.15) is 32.6 Å². The molecule has 1 fully saturated rings. The van der Waals surface area contributed by atoms with Crippen LogP contribution in [0.2, 0.25) is 0 Å². The minimum absolute atomic E-state index is 0.255. The van der Waals surface area contributed by atoms with Crippen molar-refractivity contribution in [3.05, 3.63) is 0 Å². The Morgan fingerprint density at radius 2 is 2.40 bits per heavy atom. The van der Waals surface area contributed by atoms with Crippen LogP contribution in [0.15, 0.2) is 0 Å². The molecule has 1 aliphatic heterocycles. The maximum Gasteiger partial charge on any atom is 0.0958 e. The van der Waals surface area contributed by atoms with E-state index in [2.05, 4.69) is 11.8 Å². The molecule has 60 valence electrons. The van der Waals surface area contributed by atoms with E-state index in [9.17, 15) is 0 Å². The number of aliphatic hydroxyl groups excluding tert-OH is 1. The van der Waals surface area contributed by atoms with E-state index in [0.29, 0.717) is 6.04 Å². The first-order valence-electron chi connectivity index (χ1n) is 4.23. The molecule has 0 saturated carbocycles. The molecule has 2 heteroatoms. The summed E-state index contributed by atoms with van der Waals surface area (Å²) < 4.78 is 0. The molecule has 0 radical (unpaired) electrons. The van der Waals surface area contributed by atoms with Crippen LogP contribution in [0, 0.1) is 0 Å². The summed E-state index contributed by atoms with van der Waals surface area (Å²) in [6.45, 7) is 3.56. The highest BCUT2D eigenvalue weighted by atomic mass is 16.3. The average molecular weight is 143 g/mol. The summed E-state index contributed by atoms with van der Waals surface area (Å²) in [5, 5.41) is 8.89. The highest BCUT2D eigenvalue weighted by Crippen LogP contribution is 2.19. The van der Waals surface area contributed by atoms with Gasteiger partial charge in [0.2, 0.25) is 0 Å². The Morgan fingerprint density at radius 3 is 3.00 bits per heavy atom. The van der Waals surface area contributed by atoms with Crippen LogP contribution < -0.4 is 0 Å². The number of nitrogens with zero attached hydrogens (tertiary/aromatic N) is 1. The summed E-state index contributed by atoms with van der Waals surface area (Å²) in [6.07, 6.45) is 5.04. The Kier molecular flexibility index (Phi) is 3.16. The van der Waals surface area contributed by atoms with Gasteiger partial charge in [0.25, 0.3) is 0 Å². The largest absolute Gasteiger partial charge is 0.381 e. The van der Waals surface area contributed by atoms with Crippen molar-refractivity contribution in [2.24, 2.45) is 0 Å². The Morgan fingerprint density at radius 1 is 1.60 bits per heavy atom. The summed E-state index contributed by atoms with van der Waals surface area (Å²) >= 11 is 0. The van der Waals surface area contributed by atoms with Crippen LogP contribution in [0.4, 0.5) is 0 Å². The van der Waals surface area contributed by atoms with Crippen molar-refractivity contribution < 1.29 is 5.11 Å². The van der Waals surface area contributed by atoms with E-state index in [4.69, 9.17) is 5.11 Å². The molecule has 0 aromatic carbocycles. The standard InChI is InChI=1S/C8H17NO/c1-2-4-8-5-3-6-9(8)7-10/h8,10H,2-7H2,1H3/t8-/m1/s1. The number of hydrogen-bond donors (Lipinski definition) is 1. The first-order chi connectivity index (χ1) is 4.88. The molecule has 0 spiro atoms.